The first-order chi connectivity index (χ1) is 9.61. The number of rotatable bonds is 5. The van der Waals surface area contributed by atoms with Gasteiger partial charge in [0.15, 0.2) is 0 Å². The van der Waals surface area contributed by atoms with E-state index in [0.29, 0.717) is 12.1 Å². The van der Waals surface area contributed by atoms with E-state index < -0.39 is 0 Å². The lowest BCUT2D eigenvalue weighted by Gasteiger charge is -2.16. The molecule has 0 saturated carbocycles. The van der Waals surface area contributed by atoms with E-state index in [-0.39, 0.29) is 11.9 Å². The maximum atomic E-state index is 13.9. The van der Waals surface area contributed by atoms with Crippen LogP contribution in [0.2, 0.25) is 0 Å². The van der Waals surface area contributed by atoms with E-state index in [1.165, 1.54) is 11.6 Å². The average molecular weight is 337 g/mol. The molecular weight excluding hydrogens is 319 g/mol. The third-order valence-corrected chi connectivity index (χ3v) is 3.86. The molecule has 0 bridgehead atoms. The van der Waals surface area contributed by atoms with Crippen LogP contribution in [0.25, 0.3) is 0 Å². The van der Waals surface area contributed by atoms with Crippen LogP contribution in [0.4, 0.5) is 4.39 Å². The van der Waals surface area contributed by atoms with Crippen molar-refractivity contribution < 1.29 is 4.39 Å². The quantitative estimate of drug-likeness (QED) is 0.875. The number of aromatic nitrogens is 1. The summed E-state index contributed by atoms with van der Waals surface area (Å²) in [5.41, 5.74) is 2.92. The molecule has 1 heterocycles. The largest absolute Gasteiger partial charge is 0.304 e. The van der Waals surface area contributed by atoms with Gasteiger partial charge in [-0.1, -0.05) is 35.0 Å². The minimum atomic E-state index is -0.198. The lowest BCUT2D eigenvalue weighted by molar-refractivity contribution is 0.523. The van der Waals surface area contributed by atoms with E-state index in [0.717, 1.165) is 16.6 Å². The molecule has 0 amide bonds. The molecule has 2 nitrogen and oxygen atoms in total. The molecule has 0 fully saturated rings. The highest BCUT2D eigenvalue weighted by atomic mass is 79.9. The molecule has 0 aliphatic carbocycles. The minimum Gasteiger partial charge on any atom is -0.304 e. The Morgan fingerprint density at radius 3 is 2.85 bits per heavy atom. The Morgan fingerprint density at radius 2 is 2.15 bits per heavy atom. The second-order valence-electron chi connectivity index (χ2n) is 4.73. The van der Waals surface area contributed by atoms with Gasteiger partial charge in [-0.3, -0.25) is 4.98 Å². The average Bonchev–Trinajstić information content (AvgIpc) is 2.45. The number of aryl methyl sites for hydroxylation is 1. The highest BCUT2D eigenvalue weighted by Gasteiger charge is 2.11. The summed E-state index contributed by atoms with van der Waals surface area (Å²) >= 11 is 3.27. The summed E-state index contributed by atoms with van der Waals surface area (Å²) in [6.45, 7) is 4.71. The summed E-state index contributed by atoms with van der Waals surface area (Å²) in [7, 11) is 0. The van der Waals surface area contributed by atoms with Crippen LogP contribution in [-0.4, -0.2) is 4.98 Å². The fraction of sp³-hybridized carbons (Fsp3) is 0.312. The van der Waals surface area contributed by atoms with Crippen LogP contribution in [0.5, 0.6) is 0 Å². The Labute approximate surface area is 127 Å². The standard InChI is InChI=1S/C16H18BrFN2/c1-3-12-5-4-8-19-16(12)10-20-11(2)14-7-6-13(17)9-15(14)18/h4-9,11,20H,3,10H2,1-2H3. The van der Waals surface area contributed by atoms with Gasteiger partial charge in [0.05, 0.1) is 5.69 Å². The van der Waals surface area contributed by atoms with Crippen LogP contribution in [0.3, 0.4) is 0 Å². The van der Waals surface area contributed by atoms with E-state index >= 15 is 0 Å². The SMILES string of the molecule is CCc1cccnc1CNC(C)c1ccc(Br)cc1F. The van der Waals surface area contributed by atoms with Crippen molar-refractivity contribution in [1.82, 2.24) is 10.3 Å². The van der Waals surface area contributed by atoms with Crippen LogP contribution in [0, 0.1) is 5.82 Å². The van der Waals surface area contributed by atoms with Gasteiger partial charge < -0.3 is 5.32 Å². The molecule has 1 N–H and O–H groups in total. The summed E-state index contributed by atoms with van der Waals surface area (Å²) in [4.78, 5) is 4.39. The minimum absolute atomic E-state index is 0.0604. The van der Waals surface area contributed by atoms with Gasteiger partial charge in [0.1, 0.15) is 5.82 Å². The Bertz CT molecular complexity index is 586. The molecule has 0 aliphatic rings. The van der Waals surface area contributed by atoms with Crippen molar-refractivity contribution in [2.45, 2.75) is 32.9 Å². The van der Waals surface area contributed by atoms with Gasteiger partial charge in [-0.15, -0.1) is 0 Å². The fourth-order valence-corrected chi connectivity index (χ4v) is 2.50. The summed E-state index contributed by atoms with van der Waals surface area (Å²) in [6, 6.07) is 9.11. The van der Waals surface area contributed by atoms with Crippen LogP contribution in [0.15, 0.2) is 41.0 Å². The van der Waals surface area contributed by atoms with Gasteiger partial charge in [0, 0.05) is 28.8 Å². The van der Waals surface area contributed by atoms with E-state index in [2.05, 4.69) is 39.2 Å². The predicted molar refractivity (Wildman–Crippen MR) is 83.0 cm³/mol. The van der Waals surface area contributed by atoms with Crippen molar-refractivity contribution in [1.29, 1.82) is 0 Å². The van der Waals surface area contributed by atoms with Crippen molar-refractivity contribution in [3.8, 4) is 0 Å². The molecule has 20 heavy (non-hydrogen) atoms. The second-order valence-corrected chi connectivity index (χ2v) is 5.65. The van der Waals surface area contributed by atoms with Crippen LogP contribution >= 0.6 is 15.9 Å². The molecule has 1 atom stereocenters. The maximum Gasteiger partial charge on any atom is 0.129 e. The highest BCUT2D eigenvalue weighted by Crippen LogP contribution is 2.21. The summed E-state index contributed by atoms with van der Waals surface area (Å²) in [5, 5.41) is 3.33. The van der Waals surface area contributed by atoms with Gasteiger partial charge in [-0.05, 0) is 37.1 Å². The van der Waals surface area contributed by atoms with Crippen molar-refractivity contribution in [2.24, 2.45) is 0 Å². The predicted octanol–water partition coefficient (Wildman–Crippen LogP) is 4.40. The number of hydrogen-bond donors (Lipinski definition) is 1. The van der Waals surface area contributed by atoms with Gasteiger partial charge in [0.25, 0.3) is 0 Å². The number of benzene rings is 1. The van der Waals surface area contributed by atoms with E-state index in [4.69, 9.17) is 0 Å². The fourth-order valence-electron chi connectivity index (χ4n) is 2.16. The zero-order chi connectivity index (χ0) is 14.5. The normalized spacial score (nSPS) is 12.4. The Morgan fingerprint density at radius 1 is 1.35 bits per heavy atom. The molecule has 0 aliphatic heterocycles. The molecule has 1 aromatic heterocycles. The Kier molecular flexibility index (Phi) is 5.26. The number of halogens is 2. The Hall–Kier alpha value is -1.26. The van der Waals surface area contributed by atoms with Gasteiger partial charge in [-0.2, -0.15) is 0 Å². The first kappa shape index (κ1) is 15.1. The zero-order valence-corrected chi connectivity index (χ0v) is 13.2. The van der Waals surface area contributed by atoms with Crippen molar-refractivity contribution in [3.05, 3.63) is 63.6 Å². The molecular formula is C16H18BrFN2. The molecule has 1 aromatic carbocycles. The van der Waals surface area contributed by atoms with Crippen LogP contribution in [0.1, 0.15) is 36.7 Å². The molecule has 0 spiro atoms. The van der Waals surface area contributed by atoms with Crippen molar-refractivity contribution in [2.75, 3.05) is 0 Å². The maximum absolute atomic E-state index is 13.9. The van der Waals surface area contributed by atoms with E-state index in [1.54, 1.807) is 12.3 Å². The van der Waals surface area contributed by atoms with Crippen molar-refractivity contribution >= 4 is 15.9 Å². The summed E-state index contributed by atoms with van der Waals surface area (Å²) in [6.07, 6.45) is 2.74. The third kappa shape index (κ3) is 3.64. The van der Waals surface area contributed by atoms with E-state index in [1.807, 2.05) is 19.1 Å². The Balaban J connectivity index is 2.06. The zero-order valence-electron chi connectivity index (χ0n) is 11.7. The van der Waals surface area contributed by atoms with Crippen molar-refractivity contribution in [3.63, 3.8) is 0 Å². The van der Waals surface area contributed by atoms with Gasteiger partial charge in [-0.25, -0.2) is 4.39 Å². The first-order valence-electron chi connectivity index (χ1n) is 6.73. The summed E-state index contributed by atoms with van der Waals surface area (Å²) < 4.78 is 14.6. The van der Waals surface area contributed by atoms with Crippen LogP contribution < -0.4 is 5.32 Å². The topological polar surface area (TPSA) is 24.9 Å². The van der Waals surface area contributed by atoms with Gasteiger partial charge >= 0.3 is 0 Å². The first-order valence-corrected chi connectivity index (χ1v) is 7.52. The third-order valence-electron chi connectivity index (χ3n) is 3.37. The lowest BCUT2D eigenvalue weighted by Crippen LogP contribution is -2.20. The van der Waals surface area contributed by atoms with E-state index in [9.17, 15) is 4.39 Å². The molecule has 106 valence electrons. The van der Waals surface area contributed by atoms with Gasteiger partial charge in [0.2, 0.25) is 0 Å². The molecule has 4 heteroatoms. The highest BCUT2D eigenvalue weighted by molar-refractivity contribution is 9.10. The monoisotopic (exact) mass is 336 g/mol. The number of nitrogens with one attached hydrogen (secondary N) is 1. The molecule has 2 aromatic rings. The lowest BCUT2D eigenvalue weighted by atomic mass is 10.1. The number of nitrogens with zero attached hydrogens (tertiary/aromatic N) is 1. The summed E-state index contributed by atoms with van der Waals surface area (Å²) in [5.74, 6) is -0.198. The van der Waals surface area contributed by atoms with Crippen LogP contribution in [-0.2, 0) is 13.0 Å². The molecule has 0 radical (unpaired) electrons. The molecule has 2 rings (SSSR count). The molecule has 0 saturated heterocycles. The molecule has 1 unspecified atom stereocenters. The number of hydrogen-bond acceptors (Lipinski definition) is 2. The smallest absolute Gasteiger partial charge is 0.129 e. The second kappa shape index (κ2) is 6.95. The number of pyridine rings is 1.